The van der Waals surface area contributed by atoms with E-state index in [4.69, 9.17) is 10.6 Å². The van der Waals surface area contributed by atoms with E-state index in [1.165, 1.54) is 0 Å². The summed E-state index contributed by atoms with van der Waals surface area (Å²) in [5.41, 5.74) is 3.49. The number of nitrogen functional groups attached to an aromatic ring is 1. The number of hydrogen-bond donors (Lipinski definition) is 2. The molecule has 0 atom stereocenters. The van der Waals surface area contributed by atoms with Crippen molar-refractivity contribution in [2.45, 2.75) is 6.92 Å². The summed E-state index contributed by atoms with van der Waals surface area (Å²) in [7, 11) is 0. The lowest BCUT2D eigenvalue weighted by molar-refractivity contribution is 0.0947. The summed E-state index contributed by atoms with van der Waals surface area (Å²) in [4.78, 5) is 11.6. The van der Waals surface area contributed by atoms with E-state index in [-0.39, 0.29) is 5.91 Å². The van der Waals surface area contributed by atoms with E-state index < -0.39 is 0 Å². The summed E-state index contributed by atoms with van der Waals surface area (Å²) in [6.45, 7) is 2.56. The van der Waals surface area contributed by atoms with Crippen molar-refractivity contribution in [1.29, 1.82) is 0 Å². The Bertz CT molecular complexity index is 531. The Labute approximate surface area is 105 Å². The molecule has 1 aromatic carbocycles. The molecule has 0 saturated heterocycles. The topological polar surface area (TPSA) is 69.3 Å². The van der Waals surface area contributed by atoms with Crippen molar-refractivity contribution in [2.24, 2.45) is 5.84 Å². The number of ether oxygens (including phenoxy) is 1. The number of hydrogen-bond acceptors (Lipinski definition) is 3. The van der Waals surface area contributed by atoms with Crippen LogP contribution in [-0.2, 0) is 0 Å². The summed E-state index contributed by atoms with van der Waals surface area (Å²) in [6.07, 6.45) is 1.81. The second-order valence-corrected chi connectivity index (χ2v) is 3.66. The van der Waals surface area contributed by atoms with Gasteiger partial charge in [0, 0.05) is 11.9 Å². The smallest absolute Gasteiger partial charge is 0.282 e. The number of amides is 1. The fourth-order valence-electron chi connectivity index (χ4n) is 1.73. The molecule has 94 valence electrons. The van der Waals surface area contributed by atoms with Crippen LogP contribution >= 0.6 is 0 Å². The summed E-state index contributed by atoms with van der Waals surface area (Å²) >= 11 is 0. The average Bonchev–Trinajstić information content (AvgIpc) is 2.88. The molecule has 3 N–H and O–H groups in total. The molecule has 0 aliphatic rings. The molecular formula is C13H15N3O2. The van der Waals surface area contributed by atoms with Crippen LogP contribution in [0.2, 0.25) is 0 Å². The highest BCUT2D eigenvalue weighted by atomic mass is 16.5. The van der Waals surface area contributed by atoms with Crippen LogP contribution in [0.3, 0.4) is 0 Å². The molecule has 1 amide bonds. The molecule has 18 heavy (non-hydrogen) atoms. The molecule has 1 heterocycles. The molecule has 5 nitrogen and oxygen atoms in total. The Balaban J connectivity index is 2.31. The number of aromatic nitrogens is 1. The standard InChI is InChI=1S/C13H15N3O2/c1-2-18-11-7-5-10(6-8-11)16-9-3-4-12(16)13(17)15-14/h3-9H,2,14H2,1H3,(H,15,17). The zero-order chi connectivity index (χ0) is 13.0. The van der Waals surface area contributed by atoms with Gasteiger partial charge in [-0.25, -0.2) is 5.84 Å². The first-order valence-corrected chi connectivity index (χ1v) is 5.67. The van der Waals surface area contributed by atoms with E-state index in [1.54, 1.807) is 22.9 Å². The van der Waals surface area contributed by atoms with Crippen molar-refractivity contribution in [2.75, 3.05) is 6.61 Å². The fraction of sp³-hybridized carbons (Fsp3) is 0.154. The van der Waals surface area contributed by atoms with Crippen molar-refractivity contribution >= 4 is 5.91 Å². The highest BCUT2D eigenvalue weighted by Crippen LogP contribution is 2.17. The van der Waals surface area contributed by atoms with Crippen LogP contribution in [0.1, 0.15) is 17.4 Å². The van der Waals surface area contributed by atoms with E-state index >= 15 is 0 Å². The Hall–Kier alpha value is -2.27. The van der Waals surface area contributed by atoms with E-state index in [9.17, 15) is 4.79 Å². The molecule has 0 saturated carbocycles. The monoisotopic (exact) mass is 245 g/mol. The largest absolute Gasteiger partial charge is 0.494 e. The van der Waals surface area contributed by atoms with E-state index in [1.807, 2.05) is 31.2 Å². The van der Waals surface area contributed by atoms with Crippen LogP contribution in [0.15, 0.2) is 42.6 Å². The molecular weight excluding hydrogens is 230 g/mol. The molecule has 0 fully saturated rings. The van der Waals surface area contributed by atoms with Crippen molar-refractivity contribution in [3.05, 3.63) is 48.3 Å². The second kappa shape index (κ2) is 5.37. The number of hydrazine groups is 1. The summed E-state index contributed by atoms with van der Waals surface area (Å²) < 4.78 is 7.13. The van der Waals surface area contributed by atoms with E-state index in [0.717, 1.165) is 11.4 Å². The Morgan fingerprint density at radius 3 is 2.67 bits per heavy atom. The summed E-state index contributed by atoms with van der Waals surface area (Å²) in [5, 5.41) is 0. The Kier molecular flexibility index (Phi) is 3.64. The number of rotatable bonds is 4. The maximum Gasteiger partial charge on any atom is 0.282 e. The van der Waals surface area contributed by atoms with Crippen molar-refractivity contribution in [3.8, 4) is 11.4 Å². The Morgan fingerprint density at radius 1 is 1.33 bits per heavy atom. The molecule has 2 aromatic rings. The predicted molar refractivity (Wildman–Crippen MR) is 68.6 cm³/mol. The first-order chi connectivity index (χ1) is 8.76. The predicted octanol–water partition coefficient (Wildman–Crippen LogP) is 1.48. The van der Waals surface area contributed by atoms with Gasteiger partial charge in [0.2, 0.25) is 0 Å². The molecule has 0 spiro atoms. The van der Waals surface area contributed by atoms with E-state index in [0.29, 0.717) is 12.3 Å². The van der Waals surface area contributed by atoms with Crippen LogP contribution in [0, 0.1) is 0 Å². The van der Waals surface area contributed by atoms with Crippen LogP contribution in [0.4, 0.5) is 0 Å². The highest BCUT2D eigenvalue weighted by Gasteiger charge is 2.10. The number of carbonyl (C=O) groups is 1. The molecule has 0 unspecified atom stereocenters. The minimum atomic E-state index is -0.325. The number of carbonyl (C=O) groups excluding carboxylic acids is 1. The zero-order valence-corrected chi connectivity index (χ0v) is 10.1. The average molecular weight is 245 g/mol. The van der Waals surface area contributed by atoms with Crippen LogP contribution in [0.25, 0.3) is 5.69 Å². The van der Waals surface area contributed by atoms with Gasteiger partial charge >= 0.3 is 0 Å². The van der Waals surface area contributed by atoms with Gasteiger partial charge in [-0.3, -0.25) is 10.2 Å². The first-order valence-electron chi connectivity index (χ1n) is 5.67. The fourth-order valence-corrected chi connectivity index (χ4v) is 1.73. The quantitative estimate of drug-likeness (QED) is 0.487. The lowest BCUT2D eigenvalue weighted by Crippen LogP contribution is -2.31. The van der Waals surface area contributed by atoms with Gasteiger partial charge in [0.1, 0.15) is 11.4 Å². The van der Waals surface area contributed by atoms with Crippen molar-refractivity contribution in [1.82, 2.24) is 9.99 Å². The minimum absolute atomic E-state index is 0.325. The molecule has 5 heteroatoms. The second-order valence-electron chi connectivity index (χ2n) is 3.66. The molecule has 0 aliphatic carbocycles. The normalized spacial score (nSPS) is 10.1. The van der Waals surface area contributed by atoms with E-state index in [2.05, 4.69) is 5.43 Å². The van der Waals surface area contributed by atoms with Gasteiger partial charge in [-0.2, -0.15) is 0 Å². The first kappa shape index (κ1) is 12.2. The maximum atomic E-state index is 11.6. The third kappa shape index (κ3) is 2.36. The van der Waals surface area contributed by atoms with Gasteiger partial charge in [-0.15, -0.1) is 0 Å². The number of benzene rings is 1. The number of nitrogens with one attached hydrogen (secondary N) is 1. The lowest BCUT2D eigenvalue weighted by atomic mass is 10.3. The van der Waals surface area contributed by atoms with Crippen molar-refractivity contribution < 1.29 is 9.53 Å². The number of nitrogens with zero attached hydrogens (tertiary/aromatic N) is 1. The number of nitrogens with two attached hydrogens (primary N) is 1. The highest BCUT2D eigenvalue weighted by molar-refractivity contribution is 5.92. The van der Waals surface area contributed by atoms with Gasteiger partial charge in [-0.1, -0.05) is 0 Å². The summed E-state index contributed by atoms with van der Waals surface area (Å²) in [6, 6.07) is 11.0. The van der Waals surface area contributed by atoms with Crippen LogP contribution < -0.4 is 16.0 Å². The molecule has 0 bridgehead atoms. The third-order valence-electron chi connectivity index (χ3n) is 2.54. The van der Waals surface area contributed by atoms with Crippen LogP contribution in [-0.4, -0.2) is 17.1 Å². The van der Waals surface area contributed by atoms with Gasteiger partial charge in [-0.05, 0) is 43.3 Å². The maximum absolute atomic E-state index is 11.6. The van der Waals surface area contributed by atoms with Crippen LogP contribution in [0.5, 0.6) is 5.75 Å². The van der Waals surface area contributed by atoms with Gasteiger partial charge < -0.3 is 9.30 Å². The zero-order valence-electron chi connectivity index (χ0n) is 10.1. The molecule has 0 radical (unpaired) electrons. The Morgan fingerprint density at radius 2 is 2.06 bits per heavy atom. The molecule has 2 rings (SSSR count). The van der Waals surface area contributed by atoms with Gasteiger partial charge in [0.15, 0.2) is 0 Å². The molecule has 1 aromatic heterocycles. The van der Waals surface area contributed by atoms with Gasteiger partial charge in [0.25, 0.3) is 5.91 Å². The SMILES string of the molecule is CCOc1ccc(-n2cccc2C(=O)NN)cc1. The lowest BCUT2D eigenvalue weighted by Gasteiger charge is -2.09. The summed E-state index contributed by atoms with van der Waals surface area (Å²) in [5.74, 6) is 5.62. The van der Waals surface area contributed by atoms with Crippen molar-refractivity contribution in [3.63, 3.8) is 0 Å². The minimum Gasteiger partial charge on any atom is -0.494 e. The van der Waals surface area contributed by atoms with Gasteiger partial charge in [0.05, 0.1) is 6.61 Å². The molecule has 0 aliphatic heterocycles. The third-order valence-corrected chi connectivity index (χ3v) is 2.54.